The van der Waals surface area contributed by atoms with Crippen LogP contribution in [-0.2, 0) is 0 Å². The first-order valence-electron chi connectivity index (χ1n) is 5.09. The fraction of sp³-hybridized carbons (Fsp3) is 0. The molecule has 0 bridgehead atoms. The lowest BCUT2D eigenvalue weighted by Gasteiger charge is -2.08. The smallest absolute Gasteiger partial charge is 0.255 e. The van der Waals surface area contributed by atoms with Crippen molar-refractivity contribution in [3.8, 4) is 0 Å². The fourth-order valence-corrected chi connectivity index (χ4v) is 1.84. The van der Waals surface area contributed by atoms with Gasteiger partial charge in [-0.1, -0.05) is 34.1 Å². The van der Waals surface area contributed by atoms with Crippen LogP contribution in [0, 0.1) is 11.6 Å². The first-order valence-corrected chi connectivity index (χ1v) is 5.88. The Morgan fingerprint density at radius 1 is 1.06 bits per heavy atom. The first-order chi connectivity index (χ1) is 8.58. The molecule has 2 aromatic rings. The number of hydrogen-bond acceptors (Lipinski definition) is 1. The fourth-order valence-electron chi connectivity index (χ4n) is 1.44. The van der Waals surface area contributed by atoms with Crippen LogP contribution >= 0.6 is 15.9 Å². The van der Waals surface area contributed by atoms with E-state index in [1.165, 1.54) is 0 Å². The van der Waals surface area contributed by atoms with Crippen LogP contribution in [0.15, 0.2) is 46.9 Å². The van der Waals surface area contributed by atoms with Gasteiger partial charge in [-0.15, -0.1) is 0 Å². The third-order valence-corrected chi connectivity index (χ3v) is 2.74. The molecule has 0 aromatic heterocycles. The van der Waals surface area contributed by atoms with Crippen LogP contribution in [0.4, 0.5) is 14.5 Å². The van der Waals surface area contributed by atoms with Crippen molar-refractivity contribution in [3.05, 3.63) is 64.1 Å². The molecule has 0 heterocycles. The molecule has 0 saturated heterocycles. The van der Waals surface area contributed by atoms with E-state index in [0.717, 1.165) is 12.1 Å². The summed E-state index contributed by atoms with van der Waals surface area (Å²) in [6.07, 6.45) is 0. The summed E-state index contributed by atoms with van der Waals surface area (Å²) in [4.78, 5) is 11.7. The Kier molecular flexibility index (Phi) is 3.72. The second kappa shape index (κ2) is 5.27. The van der Waals surface area contributed by atoms with Gasteiger partial charge in [-0.3, -0.25) is 4.79 Å². The molecule has 5 heteroatoms. The van der Waals surface area contributed by atoms with Crippen molar-refractivity contribution in [1.29, 1.82) is 0 Å². The van der Waals surface area contributed by atoms with Gasteiger partial charge in [0, 0.05) is 10.0 Å². The summed E-state index contributed by atoms with van der Waals surface area (Å²) in [7, 11) is 0. The maximum atomic E-state index is 13.5. The number of carbonyl (C=O) groups excluding carboxylic acids is 1. The molecule has 18 heavy (non-hydrogen) atoms. The zero-order valence-corrected chi connectivity index (χ0v) is 10.7. The minimum Gasteiger partial charge on any atom is -0.317 e. The van der Waals surface area contributed by atoms with Crippen molar-refractivity contribution in [2.75, 3.05) is 5.32 Å². The molecule has 0 unspecified atom stereocenters. The summed E-state index contributed by atoms with van der Waals surface area (Å²) in [5, 5.41) is 2.21. The van der Waals surface area contributed by atoms with E-state index in [1.54, 1.807) is 30.3 Å². The van der Waals surface area contributed by atoms with Crippen LogP contribution < -0.4 is 5.32 Å². The zero-order valence-electron chi connectivity index (χ0n) is 9.08. The van der Waals surface area contributed by atoms with E-state index >= 15 is 0 Å². The normalized spacial score (nSPS) is 10.2. The molecule has 0 saturated carbocycles. The van der Waals surface area contributed by atoms with Crippen molar-refractivity contribution in [1.82, 2.24) is 0 Å². The number of halogens is 3. The summed E-state index contributed by atoms with van der Waals surface area (Å²) in [5.74, 6) is -2.21. The Labute approximate surface area is 111 Å². The zero-order chi connectivity index (χ0) is 13.1. The topological polar surface area (TPSA) is 29.1 Å². The van der Waals surface area contributed by atoms with Crippen molar-refractivity contribution in [2.45, 2.75) is 0 Å². The molecule has 92 valence electrons. The predicted octanol–water partition coefficient (Wildman–Crippen LogP) is 3.98. The number of anilines is 1. The van der Waals surface area contributed by atoms with Gasteiger partial charge in [0.25, 0.3) is 5.91 Å². The Morgan fingerprint density at radius 3 is 2.17 bits per heavy atom. The Hall–Kier alpha value is -1.75. The standard InChI is InChI=1S/C13H8BrF2NO/c14-9-6-10(15)12(11(16)7-9)17-13(18)8-4-2-1-3-5-8/h1-7H,(H,17,18). The van der Waals surface area contributed by atoms with Gasteiger partial charge in [0.2, 0.25) is 0 Å². The van der Waals surface area contributed by atoms with Gasteiger partial charge in [-0.05, 0) is 24.3 Å². The highest BCUT2D eigenvalue weighted by atomic mass is 79.9. The summed E-state index contributed by atoms with van der Waals surface area (Å²) in [6.45, 7) is 0. The highest BCUT2D eigenvalue weighted by Crippen LogP contribution is 2.24. The minimum atomic E-state index is -0.828. The summed E-state index contributed by atoms with van der Waals surface area (Å²) >= 11 is 2.97. The molecule has 1 amide bonds. The lowest BCUT2D eigenvalue weighted by molar-refractivity contribution is 0.102. The molecule has 1 N–H and O–H groups in total. The molecule has 0 aliphatic carbocycles. The largest absolute Gasteiger partial charge is 0.317 e. The molecular weight excluding hydrogens is 304 g/mol. The second-order valence-corrected chi connectivity index (χ2v) is 4.48. The van der Waals surface area contributed by atoms with E-state index in [1.807, 2.05) is 0 Å². The number of benzene rings is 2. The molecule has 0 fully saturated rings. The maximum Gasteiger partial charge on any atom is 0.255 e. The molecule has 2 nitrogen and oxygen atoms in total. The SMILES string of the molecule is O=C(Nc1c(F)cc(Br)cc1F)c1ccccc1. The lowest BCUT2D eigenvalue weighted by atomic mass is 10.2. The third kappa shape index (κ3) is 2.73. The summed E-state index contributed by atoms with van der Waals surface area (Å²) in [6, 6.07) is 10.4. The Bertz CT molecular complexity index is 564. The molecule has 2 aromatic carbocycles. The summed E-state index contributed by atoms with van der Waals surface area (Å²) in [5.41, 5.74) is -0.119. The molecule has 2 rings (SSSR count). The second-order valence-electron chi connectivity index (χ2n) is 3.56. The number of rotatable bonds is 2. The monoisotopic (exact) mass is 311 g/mol. The third-order valence-electron chi connectivity index (χ3n) is 2.28. The van der Waals surface area contributed by atoms with Crippen molar-refractivity contribution in [2.24, 2.45) is 0 Å². The first kappa shape index (κ1) is 12.7. The minimum absolute atomic E-state index is 0.273. The van der Waals surface area contributed by atoms with Gasteiger partial charge in [0.05, 0.1) is 0 Å². The van der Waals surface area contributed by atoms with Crippen molar-refractivity contribution >= 4 is 27.5 Å². The van der Waals surface area contributed by atoms with E-state index in [9.17, 15) is 13.6 Å². The molecule has 0 radical (unpaired) electrons. The average molecular weight is 312 g/mol. The molecule has 0 spiro atoms. The van der Waals surface area contributed by atoms with Gasteiger partial charge < -0.3 is 5.32 Å². The van der Waals surface area contributed by atoms with Crippen molar-refractivity contribution in [3.63, 3.8) is 0 Å². The van der Waals surface area contributed by atoms with Crippen LogP contribution in [0.1, 0.15) is 10.4 Å². The molecular formula is C13H8BrF2NO. The van der Waals surface area contributed by atoms with Crippen LogP contribution in [0.2, 0.25) is 0 Å². The van der Waals surface area contributed by atoms with E-state index in [2.05, 4.69) is 21.2 Å². The van der Waals surface area contributed by atoms with E-state index in [4.69, 9.17) is 0 Å². The molecule has 0 aliphatic rings. The highest BCUT2D eigenvalue weighted by molar-refractivity contribution is 9.10. The maximum absolute atomic E-state index is 13.5. The van der Waals surface area contributed by atoms with Gasteiger partial charge in [-0.2, -0.15) is 0 Å². The van der Waals surface area contributed by atoms with Crippen LogP contribution in [-0.4, -0.2) is 5.91 Å². The molecule has 0 atom stereocenters. The van der Waals surface area contributed by atoms with E-state index in [-0.39, 0.29) is 4.47 Å². The Morgan fingerprint density at radius 2 is 1.61 bits per heavy atom. The van der Waals surface area contributed by atoms with Gasteiger partial charge in [0.1, 0.15) is 5.69 Å². The predicted molar refractivity (Wildman–Crippen MR) is 68.5 cm³/mol. The van der Waals surface area contributed by atoms with Gasteiger partial charge in [0.15, 0.2) is 11.6 Å². The number of nitrogens with one attached hydrogen (secondary N) is 1. The average Bonchev–Trinajstić information content (AvgIpc) is 2.34. The lowest BCUT2D eigenvalue weighted by Crippen LogP contribution is -2.14. The van der Waals surface area contributed by atoms with Crippen LogP contribution in [0.3, 0.4) is 0 Å². The number of amides is 1. The number of carbonyl (C=O) groups is 1. The van der Waals surface area contributed by atoms with Crippen LogP contribution in [0.5, 0.6) is 0 Å². The van der Waals surface area contributed by atoms with E-state index in [0.29, 0.717) is 5.56 Å². The van der Waals surface area contributed by atoms with Gasteiger partial charge >= 0.3 is 0 Å². The Balaban J connectivity index is 2.28. The highest BCUT2D eigenvalue weighted by Gasteiger charge is 2.14. The molecule has 0 aliphatic heterocycles. The van der Waals surface area contributed by atoms with Crippen molar-refractivity contribution < 1.29 is 13.6 Å². The van der Waals surface area contributed by atoms with E-state index < -0.39 is 23.2 Å². The quantitative estimate of drug-likeness (QED) is 0.893. The summed E-state index contributed by atoms with van der Waals surface area (Å²) < 4.78 is 27.3. The number of hydrogen-bond donors (Lipinski definition) is 1. The van der Waals surface area contributed by atoms with Gasteiger partial charge in [-0.25, -0.2) is 8.78 Å². The van der Waals surface area contributed by atoms with Crippen LogP contribution in [0.25, 0.3) is 0 Å².